The van der Waals surface area contributed by atoms with E-state index in [-0.39, 0.29) is 18.3 Å². The molecule has 0 fully saturated rings. The first kappa shape index (κ1) is 12.4. The summed E-state index contributed by atoms with van der Waals surface area (Å²) in [6.07, 6.45) is 0.952. The molecule has 16 heavy (non-hydrogen) atoms. The van der Waals surface area contributed by atoms with E-state index in [2.05, 4.69) is 0 Å². The van der Waals surface area contributed by atoms with Gasteiger partial charge in [0.25, 0.3) is 5.69 Å². The van der Waals surface area contributed by atoms with Crippen LogP contribution < -0.4 is 10.5 Å². The van der Waals surface area contributed by atoms with Crippen LogP contribution in [0.1, 0.15) is 25.8 Å². The first-order valence-corrected chi connectivity index (χ1v) is 5.22. The van der Waals surface area contributed by atoms with Crippen LogP contribution in [0.3, 0.4) is 0 Å². The number of nitrogens with zero attached hydrogens (tertiary/aromatic N) is 1. The number of rotatable bonds is 5. The van der Waals surface area contributed by atoms with Gasteiger partial charge in [-0.2, -0.15) is 0 Å². The van der Waals surface area contributed by atoms with Gasteiger partial charge in [-0.15, -0.1) is 0 Å². The molecule has 5 heteroatoms. The highest BCUT2D eigenvalue weighted by molar-refractivity contribution is 5.43. The van der Waals surface area contributed by atoms with Crippen molar-refractivity contribution in [3.05, 3.63) is 33.9 Å². The minimum Gasteiger partial charge on any atom is -0.490 e. The van der Waals surface area contributed by atoms with Gasteiger partial charge >= 0.3 is 0 Å². The second-order valence-corrected chi connectivity index (χ2v) is 3.59. The van der Waals surface area contributed by atoms with Crippen LogP contribution in [0, 0.1) is 10.1 Å². The van der Waals surface area contributed by atoms with Crippen molar-refractivity contribution in [2.75, 3.05) is 0 Å². The summed E-state index contributed by atoms with van der Waals surface area (Å²) in [7, 11) is 0. The van der Waals surface area contributed by atoms with Gasteiger partial charge in [-0.05, 0) is 19.4 Å². The Bertz CT molecular complexity index is 379. The summed E-state index contributed by atoms with van der Waals surface area (Å²) in [5.74, 6) is 0.627. The van der Waals surface area contributed by atoms with Crippen molar-refractivity contribution in [1.82, 2.24) is 0 Å². The molecule has 0 aliphatic rings. The number of nitrogens with two attached hydrogens (primary N) is 1. The van der Waals surface area contributed by atoms with E-state index in [0.717, 1.165) is 6.42 Å². The van der Waals surface area contributed by atoms with Crippen molar-refractivity contribution in [2.45, 2.75) is 32.9 Å². The quantitative estimate of drug-likeness (QED) is 0.614. The zero-order chi connectivity index (χ0) is 12.1. The third-order valence-corrected chi connectivity index (χ3v) is 2.38. The molecular formula is C11H16N2O3. The molecule has 1 unspecified atom stereocenters. The van der Waals surface area contributed by atoms with Crippen LogP contribution in [0.25, 0.3) is 0 Å². The second kappa shape index (κ2) is 5.46. The lowest BCUT2D eigenvalue weighted by atomic mass is 10.1. The van der Waals surface area contributed by atoms with Crippen LogP contribution in [0.4, 0.5) is 5.69 Å². The van der Waals surface area contributed by atoms with Crippen LogP contribution in [0.15, 0.2) is 18.2 Å². The number of ether oxygens (including phenoxy) is 1. The highest BCUT2D eigenvalue weighted by Crippen LogP contribution is 2.25. The molecule has 88 valence electrons. The van der Waals surface area contributed by atoms with E-state index in [9.17, 15) is 10.1 Å². The van der Waals surface area contributed by atoms with Crippen molar-refractivity contribution >= 4 is 5.69 Å². The predicted octanol–water partition coefficient (Wildman–Crippen LogP) is 2.23. The van der Waals surface area contributed by atoms with Gasteiger partial charge in [0, 0.05) is 24.2 Å². The van der Waals surface area contributed by atoms with Crippen molar-refractivity contribution in [3.63, 3.8) is 0 Å². The number of hydrogen-bond donors (Lipinski definition) is 1. The normalized spacial score (nSPS) is 12.2. The molecular weight excluding hydrogens is 208 g/mol. The number of non-ortho nitro benzene ring substituents is 1. The largest absolute Gasteiger partial charge is 0.490 e. The van der Waals surface area contributed by atoms with E-state index in [1.165, 1.54) is 12.1 Å². The summed E-state index contributed by atoms with van der Waals surface area (Å²) < 4.78 is 5.62. The molecule has 0 bridgehead atoms. The molecule has 0 aliphatic heterocycles. The third kappa shape index (κ3) is 2.93. The van der Waals surface area contributed by atoms with Crippen LogP contribution >= 0.6 is 0 Å². The Morgan fingerprint density at radius 2 is 2.25 bits per heavy atom. The van der Waals surface area contributed by atoms with E-state index < -0.39 is 4.92 Å². The summed E-state index contributed by atoms with van der Waals surface area (Å²) in [6.45, 7) is 4.19. The Kier molecular flexibility index (Phi) is 4.25. The first-order chi connectivity index (χ1) is 7.58. The Morgan fingerprint density at radius 3 is 2.75 bits per heavy atom. The third-order valence-electron chi connectivity index (χ3n) is 2.38. The molecule has 0 saturated carbocycles. The topological polar surface area (TPSA) is 78.4 Å². The van der Waals surface area contributed by atoms with Crippen molar-refractivity contribution in [1.29, 1.82) is 0 Å². The molecule has 0 saturated heterocycles. The number of nitro benzene ring substituents is 1. The summed E-state index contributed by atoms with van der Waals surface area (Å²) >= 11 is 0. The molecule has 1 aromatic carbocycles. The van der Waals surface area contributed by atoms with Crippen LogP contribution in [0.2, 0.25) is 0 Å². The molecule has 0 amide bonds. The molecule has 0 heterocycles. The number of hydrogen-bond acceptors (Lipinski definition) is 4. The number of nitro groups is 1. The van der Waals surface area contributed by atoms with Crippen molar-refractivity contribution in [2.24, 2.45) is 5.73 Å². The van der Waals surface area contributed by atoms with Gasteiger partial charge in [0.05, 0.1) is 11.0 Å². The summed E-state index contributed by atoms with van der Waals surface area (Å²) in [4.78, 5) is 10.1. The van der Waals surface area contributed by atoms with Gasteiger partial charge in [0.1, 0.15) is 5.75 Å². The lowest BCUT2D eigenvalue weighted by molar-refractivity contribution is -0.384. The maximum absolute atomic E-state index is 10.6. The van der Waals surface area contributed by atoms with E-state index in [0.29, 0.717) is 11.3 Å². The average molecular weight is 224 g/mol. The zero-order valence-electron chi connectivity index (χ0n) is 9.47. The van der Waals surface area contributed by atoms with Gasteiger partial charge in [-0.25, -0.2) is 0 Å². The molecule has 1 rings (SSSR count). The minimum absolute atomic E-state index is 0.0388. The Labute approximate surface area is 94.4 Å². The standard InChI is InChI=1S/C11H16N2O3/c1-3-8(2)16-11-5-4-10(13(14)15)6-9(11)7-12/h4-6,8H,3,7,12H2,1-2H3. The predicted molar refractivity (Wildman–Crippen MR) is 61.4 cm³/mol. The number of benzene rings is 1. The van der Waals surface area contributed by atoms with Crippen LogP contribution in [0.5, 0.6) is 5.75 Å². The van der Waals surface area contributed by atoms with Crippen molar-refractivity contribution in [3.8, 4) is 5.75 Å². The minimum atomic E-state index is -0.438. The molecule has 0 aromatic heterocycles. The Balaban J connectivity index is 2.97. The fourth-order valence-electron chi connectivity index (χ4n) is 1.25. The summed E-state index contributed by atoms with van der Waals surface area (Å²) in [6, 6.07) is 4.49. The molecule has 0 spiro atoms. The summed E-state index contributed by atoms with van der Waals surface area (Å²) in [5, 5.41) is 10.6. The smallest absolute Gasteiger partial charge is 0.270 e. The average Bonchev–Trinajstić information content (AvgIpc) is 2.29. The molecule has 1 atom stereocenters. The lowest BCUT2D eigenvalue weighted by Crippen LogP contribution is -2.12. The SMILES string of the molecule is CCC(C)Oc1ccc([N+](=O)[O-])cc1CN. The van der Waals surface area contributed by atoms with Gasteiger partial charge in [0.2, 0.25) is 0 Å². The van der Waals surface area contributed by atoms with E-state index in [4.69, 9.17) is 10.5 Å². The monoisotopic (exact) mass is 224 g/mol. The highest BCUT2D eigenvalue weighted by atomic mass is 16.6. The van der Waals surface area contributed by atoms with E-state index in [1.807, 2.05) is 13.8 Å². The van der Waals surface area contributed by atoms with E-state index >= 15 is 0 Å². The maximum Gasteiger partial charge on any atom is 0.270 e. The Morgan fingerprint density at radius 1 is 1.56 bits per heavy atom. The maximum atomic E-state index is 10.6. The molecule has 5 nitrogen and oxygen atoms in total. The molecule has 0 radical (unpaired) electrons. The molecule has 2 N–H and O–H groups in total. The zero-order valence-corrected chi connectivity index (χ0v) is 9.47. The van der Waals surface area contributed by atoms with Crippen molar-refractivity contribution < 1.29 is 9.66 Å². The molecule has 1 aromatic rings. The van der Waals surface area contributed by atoms with Crippen LogP contribution in [-0.2, 0) is 6.54 Å². The van der Waals surface area contributed by atoms with Gasteiger partial charge in [-0.3, -0.25) is 10.1 Å². The molecule has 0 aliphatic carbocycles. The first-order valence-electron chi connectivity index (χ1n) is 5.22. The fraction of sp³-hybridized carbons (Fsp3) is 0.455. The Hall–Kier alpha value is -1.62. The van der Waals surface area contributed by atoms with Crippen LogP contribution in [-0.4, -0.2) is 11.0 Å². The lowest BCUT2D eigenvalue weighted by Gasteiger charge is -2.15. The van der Waals surface area contributed by atoms with E-state index in [1.54, 1.807) is 6.07 Å². The highest BCUT2D eigenvalue weighted by Gasteiger charge is 2.12. The fourth-order valence-corrected chi connectivity index (χ4v) is 1.25. The van der Waals surface area contributed by atoms with Gasteiger partial charge in [-0.1, -0.05) is 6.92 Å². The van der Waals surface area contributed by atoms with Gasteiger partial charge in [0.15, 0.2) is 0 Å². The summed E-state index contributed by atoms with van der Waals surface area (Å²) in [5.41, 5.74) is 6.23. The second-order valence-electron chi connectivity index (χ2n) is 3.59. The van der Waals surface area contributed by atoms with Gasteiger partial charge < -0.3 is 10.5 Å².